The number of rotatable bonds is 4. The maximum absolute atomic E-state index is 5.59. The second-order valence-electron chi connectivity index (χ2n) is 2.63. The molecule has 3 nitrogen and oxygen atoms in total. The summed E-state index contributed by atoms with van der Waals surface area (Å²) in [5, 5.41) is 10.8. The lowest BCUT2D eigenvalue weighted by Gasteiger charge is -2.11. The summed E-state index contributed by atoms with van der Waals surface area (Å²) in [4.78, 5) is 0. The molecule has 0 saturated heterocycles. The van der Waals surface area contributed by atoms with Crippen molar-refractivity contribution in [3.63, 3.8) is 0 Å². The first-order chi connectivity index (χ1) is 5.83. The Kier molecular flexibility index (Phi) is 3.80. The summed E-state index contributed by atoms with van der Waals surface area (Å²) in [6.07, 6.45) is 2.58. The molecule has 0 aliphatic carbocycles. The number of nitrogens with zero attached hydrogens (tertiary/aromatic N) is 2. The maximum Gasteiger partial charge on any atom is 0.148 e. The number of halogens is 1. The monoisotopic (exact) mass is 185 g/mol. The molecule has 1 rings (SSSR count). The van der Waals surface area contributed by atoms with E-state index in [1.54, 1.807) is 6.20 Å². The van der Waals surface area contributed by atoms with E-state index >= 15 is 0 Å². The predicted octanol–water partition coefficient (Wildman–Crippen LogP) is 1.91. The Morgan fingerprint density at radius 1 is 1.67 bits per heavy atom. The number of hydrogen-bond donors (Lipinski definition) is 1. The standard InChI is InChI=1S/C8H12ClN3/c1-7(4-5-9)11-8-3-2-6-10-12-8/h2-3,6-7H,4-5H2,1H3,(H,11,12). The molecule has 0 aromatic carbocycles. The van der Waals surface area contributed by atoms with Crippen molar-refractivity contribution < 1.29 is 0 Å². The molecule has 0 amide bonds. The molecule has 1 unspecified atom stereocenters. The fraction of sp³-hybridized carbons (Fsp3) is 0.500. The van der Waals surface area contributed by atoms with Crippen molar-refractivity contribution >= 4 is 17.4 Å². The lowest BCUT2D eigenvalue weighted by Crippen LogP contribution is -2.16. The van der Waals surface area contributed by atoms with E-state index in [1.807, 2.05) is 12.1 Å². The number of hydrogen-bond acceptors (Lipinski definition) is 3. The van der Waals surface area contributed by atoms with Crippen molar-refractivity contribution in [2.24, 2.45) is 0 Å². The molecule has 0 aliphatic heterocycles. The highest BCUT2D eigenvalue weighted by molar-refractivity contribution is 6.17. The molecular formula is C8H12ClN3. The molecule has 4 heteroatoms. The molecule has 1 aromatic heterocycles. The van der Waals surface area contributed by atoms with Gasteiger partial charge in [-0.25, -0.2) is 0 Å². The van der Waals surface area contributed by atoms with E-state index in [-0.39, 0.29) is 0 Å². The quantitative estimate of drug-likeness (QED) is 0.729. The summed E-state index contributed by atoms with van der Waals surface area (Å²) in [7, 11) is 0. The number of alkyl halides is 1. The number of anilines is 1. The second kappa shape index (κ2) is 4.93. The van der Waals surface area contributed by atoms with Crippen LogP contribution in [0.5, 0.6) is 0 Å². The van der Waals surface area contributed by atoms with Crippen LogP contribution in [-0.2, 0) is 0 Å². The summed E-state index contributed by atoms with van der Waals surface area (Å²) in [5.74, 6) is 1.46. The van der Waals surface area contributed by atoms with E-state index in [0.717, 1.165) is 12.2 Å². The van der Waals surface area contributed by atoms with Gasteiger partial charge >= 0.3 is 0 Å². The summed E-state index contributed by atoms with van der Waals surface area (Å²) < 4.78 is 0. The first-order valence-corrected chi connectivity index (χ1v) is 4.46. The van der Waals surface area contributed by atoms with Gasteiger partial charge in [0.05, 0.1) is 0 Å². The Labute approximate surface area is 77.2 Å². The van der Waals surface area contributed by atoms with Crippen LogP contribution in [0.2, 0.25) is 0 Å². The molecule has 0 saturated carbocycles. The normalized spacial score (nSPS) is 12.5. The maximum atomic E-state index is 5.59. The fourth-order valence-electron chi connectivity index (χ4n) is 0.867. The highest BCUT2D eigenvalue weighted by atomic mass is 35.5. The Morgan fingerprint density at radius 3 is 3.08 bits per heavy atom. The van der Waals surface area contributed by atoms with E-state index in [0.29, 0.717) is 11.9 Å². The second-order valence-corrected chi connectivity index (χ2v) is 3.01. The van der Waals surface area contributed by atoms with Gasteiger partial charge in [-0.15, -0.1) is 16.7 Å². The van der Waals surface area contributed by atoms with Gasteiger partial charge in [0.25, 0.3) is 0 Å². The van der Waals surface area contributed by atoms with Crippen molar-refractivity contribution in [2.75, 3.05) is 11.2 Å². The minimum absolute atomic E-state index is 0.346. The molecule has 0 fully saturated rings. The van der Waals surface area contributed by atoms with E-state index < -0.39 is 0 Å². The van der Waals surface area contributed by atoms with Gasteiger partial charge in [-0.1, -0.05) is 0 Å². The third kappa shape index (κ3) is 3.05. The Morgan fingerprint density at radius 2 is 2.50 bits per heavy atom. The van der Waals surface area contributed by atoms with Gasteiger partial charge in [-0.3, -0.25) is 0 Å². The molecule has 1 N–H and O–H groups in total. The predicted molar refractivity (Wildman–Crippen MR) is 50.5 cm³/mol. The molecule has 1 aromatic rings. The summed E-state index contributed by atoms with van der Waals surface area (Å²) >= 11 is 5.59. The van der Waals surface area contributed by atoms with Gasteiger partial charge in [-0.2, -0.15) is 5.10 Å². The van der Waals surface area contributed by atoms with Gasteiger partial charge < -0.3 is 5.32 Å². The van der Waals surface area contributed by atoms with Crippen LogP contribution in [0.15, 0.2) is 18.3 Å². The summed E-state index contributed by atoms with van der Waals surface area (Å²) in [6, 6.07) is 4.08. The number of aromatic nitrogens is 2. The van der Waals surface area contributed by atoms with Gasteiger partial charge in [0.2, 0.25) is 0 Å². The van der Waals surface area contributed by atoms with Crippen LogP contribution in [-0.4, -0.2) is 22.1 Å². The van der Waals surface area contributed by atoms with Crippen LogP contribution >= 0.6 is 11.6 Å². The van der Waals surface area contributed by atoms with Gasteiger partial charge in [0, 0.05) is 18.1 Å². The first-order valence-electron chi connectivity index (χ1n) is 3.93. The van der Waals surface area contributed by atoms with Crippen LogP contribution in [0.25, 0.3) is 0 Å². The van der Waals surface area contributed by atoms with Crippen molar-refractivity contribution in [1.82, 2.24) is 10.2 Å². The molecule has 1 heterocycles. The molecule has 66 valence electrons. The zero-order valence-corrected chi connectivity index (χ0v) is 7.75. The van der Waals surface area contributed by atoms with Crippen LogP contribution < -0.4 is 5.32 Å². The Hall–Kier alpha value is -0.830. The molecule has 0 radical (unpaired) electrons. The highest BCUT2D eigenvalue weighted by Crippen LogP contribution is 2.03. The van der Waals surface area contributed by atoms with Gasteiger partial charge in [-0.05, 0) is 25.5 Å². The third-order valence-corrected chi connectivity index (χ3v) is 1.73. The van der Waals surface area contributed by atoms with Crippen molar-refractivity contribution in [2.45, 2.75) is 19.4 Å². The van der Waals surface area contributed by atoms with E-state index in [1.165, 1.54) is 0 Å². The fourth-order valence-corrected chi connectivity index (χ4v) is 1.19. The van der Waals surface area contributed by atoms with Crippen molar-refractivity contribution in [1.29, 1.82) is 0 Å². The van der Waals surface area contributed by atoms with Gasteiger partial charge in [0.15, 0.2) is 0 Å². The van der Waals surface area contributed by atoms with Crippen LogP contribution in [0.4, 0.5) is 5.82 Å². The molecule has 0 spiro atoms. The Balaban J connectivity index is 2.41. The molecule has 1 atom stereocenters. The molecule has 0 aliphatic rings. The average Bonchev–Trinajstić information content (AvgIpc) is 2.06. The zero-order chi connectivity index (χ0) is 8.81. The van der Waals surface area contributed by atoms with E-state index in [9.17, 15) is 0 Å². The van der Waals surface area contributed by atoms with E-state index in [4.69, 9.17) is 11.6 Å². The topological polar surface area (TPSA) is 37.8 Å². The van der Waals surface area contributed by atoms with Crippen LogP contribution in [0, 0.1) is 0 Å². The van der Waals surface area contributed by atoms with E-state index in [2.05, 4.69) is 22.4 Å². The lowest BCUT2D eigenvalue weighted by atomic mass is 10.2. The van der Waals surface area contributed by atoms with Crippen molar-refractivity contribution in [3.05, 3.63) is 18.3 Å². The SMILES string of the molecule is CC(CCCl)Nc1cccnn1. The van der Waals surface area contributed by atoms with Gasteiger partial charge in [0.1, 0.15) is 5.82 Å². The summed E-state index contributed by atoms with van der Waals surface area (Å²) in [6.45, 7) is 2.07. The first kappa shape index (κ1) is 9.26. The number of nitrogens with one attached hydrogen (secondary N) is 1. The minimum Gasteiger partial charge on any atom is -0.366 e. The largest absolute Gasteiger partial charge is 0.366 e. The van der Waals surface area contributed by atoms with Crippen molar-refractivity contribution in [3.8, 4) is 0 Å². The molecule has 12 heavy (non-hydrogen) atoms. The average molecular weight is 186 g/mol. The highest BCUT2D eigenvalue weighted by Gasteiger charge is 2.00. The zero-order valence-electron chi connectivity index (χ0n) is 7.00. The van der Waals surface area contributed by atoms with Crippen LogP contribution in [0.3, 0.4) is 0 Å². The Bertz CT molecular complexity index is 215. The summed E-state index contributed by atoms with van der Waals surface area (Å²) in [5.41, 5.74) is 0. The third-order valence-electron chi connectivity index (χ3n) is 1.51. The lowest BCUT2D eigenvalue weighted by molar-refractivity contribution is 0.759. The molecule has 0 bridgehead atoms. The smallest absolute Gasteiger partial charge is 0.148 e. The van der Waals surface area contributed by atoms with Crippen LogP contribution in [0.1, 0.15) is 13.3 Å². The molecular weight excluding hydrogens is 174 g/mol. The minimum atomic E-state index is 0.346.